The third kappa shape index (κ3) is 6.57. The van der Waals surface area contributed by atoms with E-state index in [-0.39, 0.29) is 0 Å². The highest BCUT2D eigenvalue weighted by Gasteiger charge is 2.16. The minimum atomic E-state index is 1.08. The van der Waals surface area contributed by atoms with Gasteiger partial charge in [0, 0.05) is 58.9 Å². The molecule has 1 fully saturated rings. The van der Waals surface area contributed by atoms with Crippen molar-refractivity contribution in [2.45, 2.75) is 6.54 Å². The average Bonchev–Trinajstić information content (AvgIpc) is 2.49. The summed E-state index contributed by atoms with van der Waals surface area (Å²) in [5.74, 6) is 0. The Labute approximate surface area is 129 Å². The molecule has 4 heteroatoms. The molecule has 1 N–H and O–H groups in total. The highest BCUT2D eigenvalue weighted by atomic mass is 15.3. The molecule has 21 heavy (non-hydrogen) atoms. The third-order valence-electron chi connectivity index (χ3n) is 4.05. The molecule has 4 nitrogen and oxygen atoms in total. The molecule has 1 heterocycles. The van der Waals surface area contributed by atoms with Crippen LogP contribution in [0.25, 0.3) is 0 Å². The van der Waals surface area contributed by atoms with Crippen molar-refractivity contribution in [3.63, 3.8) is 0 Å². The van der Waals surface area contributed by atoms with Crippen LogP contribution >= 0.6 is 0 Å². The van der Waals surface area contributed by atoms with Crippen LogP contribution in [-0.2, 0) is 6.54 Å². The van der Waals surface area contributed by atoms with Crippen LogP contribution in [0.2, 0.25) is 0 Å². The first kappa shape index (κ1) is 16.4. The van der Waals surface area contributed by atoms with Crippen molar-refractivity contribution < 1.29 is 0 Å². The minimum Gasteiger partial charge on any atom is -0.314 e. The highest BCUT2D eigenvalue weighted by Crippen LogP contribution is 2.07. The second-order valence-corrected chi connectivity index (χ2v) is 6.16. The van der Waals surface area contributed by atoms with Crippen LogP contribution in [0.5, 0.6) is 0 Å². The van der Waals surface area contributed by atoms with Gasteiger partial charge in [-0.1, -0.05) is 30.3 Å². The van der Waals surface area contributed by atoms with Gasteiger partial charge in [-0.05, 0) is 19.7 Å². The molecular weight excluding hydrogens is 260 g/mol. The number of benzene rings is 1. The second kappa shape index (κ2) is 9.15. The maximum Gasteiger partial charge on any atom is 0.0234 e. The van der Waals surface area contributed by atoms with Crippen molar-refractivity contribution in [1.29, 1.82) is 0 Å². The Morgan fingerprint density at radius 3 is 2.29 bits per heavy atom. The highest BCUT2D eigenvalue weighted by molar-refractivity contribution is 5.14. The van der Waals surface area contributed by atoms with Gasteiger partial charge in [0.25, 0.3) is 0 Å². The van der Waals surface area contributed by atoms with Crippen LogP contribution in [0.1, 0.15) is 5.56 Å². The molecule has 0 unspecified atom stereocenters. The van der Waals surface area contributed by atoms with Crippen LogP contribution in [-0.4, -0.2) is 81.2 Å². The van der Waals surface area contributed by atoms with Gasteiger partial charge in [0.2, 0.25) is 0 Å². The van der Waals surface area contributed by atoms with Crippen molar-refractivity contribution >= 4 is 0 Å². The lowest BCUT2D eigenvalue weighted by Gasteiger charge is -2.34. The molecule has 1 aromatic rings. The largest absolute Gasteiger partial charge is 0.314 e. The van der Waals surface area contributed by atoms with E-state index in [1.54, 1.807) is 0 Å². The zero-order chi connectivity index (χ0) is 14.9. The van der Waals surface area contributed by atoms with E-state index in [1.165, 1.54) is 38.3 Å². The average molecular weight is 290 g/mol. The van der Waals surface area contributed by atoms with Crippen molar-refractivity contribution in [3.05, 3.63) is 35.9 Å². The number of piperazine rings is 1. The molecular formula is C17H30N4. The Bertz CT molecular complexity index is 372. The predicted molar refractivity (Wildman–Crippen MR) is 89.6 cm³/mol. The number of hydrogen-bond donors (Lipinski definition) is 1. The lowest BCUT2D eigenvalue weighted by molar-refractivity contribution is 0.127. The van der Waals surface area contributed by atoms with E-state index < -0.39 is 0 Å². The number of nitrogens with zero attached hydrogens (tertiary/aromatic N) is 3. The molecule has 0 spiro atoms. The Morgan fingerprint density at radius 1 is 0.952 bits per heavy atom. The van der Waals surface area contributed by atoms with Gasteiger partial charge in [0.05, 0.1) is 0 Å². The van der Waals surface area contributed by atoms with Gasteiger partial charge in [-0.3, -0.25) is 9.80 Å². The van der Waals surface area contributed by atoms with Gasteiger partial charge < -0.3 is 10.2 Å². The maximum absolute atomic E-state index is 3.52. The van der Waals surface area contributed by atoms with Gasteiger partial charge >= 0.3 is 0 Å². The van der Waals surface area contributed by atoms with E-state index in [2.05, 4.69) is 64.4 Å². The van der Waals surface area contributed by atoms with Crippen LogP contribution < -0.4 is 5.32 Å². The van der Waals surface area contributed by atoms with Crippen molar-refractivity contribution in [3.8, 4) is 0 Å². The maximum atomic E-state index is 3.52. The first-order valence-corrected chi connectivity index (χ1v) is 8.08. The molecule has 1 aromatic carbocycles. The van der Waals surface area contributed by atoms with Gasteiger partial charge in [-0.2, -0.15) is 0 Å². The van der Waals surface area contributed by atoms with Gasteiger partial charge in [-0.25, -0.2) is 0 Å². The monoisotopic (exact) mass is 290 g/mol. The molecule has 2 rings (SSSR count). The third-order valence-corrected chi connectivity index (χ3v) is 4.05. The molecule has 0 bridgehead atoms. The fourth-order valence-corrected chi connectivity index (χ4v) is 2.68. The van der Waals surface area contributed by atoms with E-state index in [4.69, 9.17) is 0 Å². The molecule has 0 aromatic heterocycles. The number of likely N-dealkylation sites (N-methyl/N-ethyl adjacent to an activating group) is 1. The molecule has 1 aliphatic heterocycles. The molecule has 0 aliphatic carbocycles. The summed E-state index contributed by atoms with van der Waals surface area (Å²) in [7, 11) is 4.24. The quantitative estimate of drug-likeness (QED) is 0.720. The zero-order valence-corrected chi connectivity index (χ0v) is 13.6. The van der Waals surface area contributed by atoms with E-state index in [1.807, 2.05) is 0 Å². The summed E-state index contributed by atoms with van der Waals surface area (Å²) in [6, 6.07) is 10.8. The lowest BCUT2D eigenvalue weighted by atomic mass is 10.2. The Hall–Kier alpha value is -0.940. The summed E-state index contributed by atoms with van der Waals surface area (Å²) in [4.78, 5) is 7.35. The van der Waals surface area contributed by atoms with Gasteiger partial charge in [-0.15, -0.1) is 0 Å². The summed E-state index contributed by atoms with van der Waals surface area (Å²) >= 11 is 0. The Kier molecular flexibility index (Phi) is 7.16. The predicted octanol–water partition coefficient (Wildman–Crippen LogP) is 0.955. The Morgan fingerprint density at radius 2 is 1.62 bits per heavy atom. The minimum absolute atomic E-state index is 1.08. The van der Waals surface area contributed by atoms with Crippen molar-refractivity contribution in [1.82, 2.24) is 20.0 Å². The molecule has 0 radical (unpaired) electrons. The first-order valence-electron chi connectivity index (χ1n) is 8.08. The van der Waals surface area contributed by atoms with E-state index in [9.17, 15) is 0 Å². The fraction of sp³-hybridized carbons (Fsp3) is 0.647. The van der Waals surface area contributed by atoms with E-state index >= 15 is 0 Å². The lowest BCUT2D eigenvalue weighted by Crippen LogP contribution is -2.47. The summed E-state index contributed by atoms with van der Waals surface area (Å²) in [5.41, 5.74) is 1.43. The first-order chi connectivity index (χ1) is 10.2. The van der Waals surface area contributed by atoms with Crippen molar-refractivity contribution in [2.75, 3.05) is 66.5 Å². The van der Waals surface area contributed by atoms with Gasteiger partial charge in [0.15, 0.2) is 0 Å². The van der Waals surface area contributed by atoms with Crippen LogP contribution in [0.4, 0.5) is 0 Å². The summed E-state index contributed by atoms with van der Waals surface area (Å²) < 4.78 is 0. The van der Waals surface area contributed by atoms with Crippen molar-refractivity contribution in [2.24, 2.45) is 0 Å². The molecule has 0 saturated carbocycles. The smallest absolute Gasteiger partial charge is 0.0234 e. The summed E-state index contributed by atoms with van der Waals surface area (Å²) in [6.45, 7) is 10.3. The SMILES string of the molecule is CN(C)CCNCCN1CCN(Cc2ccccc2)CC1. The second-order valence-electron chi connectivity index (χ2n) is 6.16. The molecule has 0 amide bonds. The Balaban J connectivity index is 1.56. The molecule has 1 aliphatic rings. The van der Waals surface area contributed by atoms with E-state index in [0.717, 1.165) is 26.2 Å². The molecule has 1 saturated heterocycles. The summed E-state index contributed by atoms with van der Waals surface area (Å²) in [6.07, 6.45) is 0. The van der Waals surface area contributed by atoms with Crippen LogP contribution in [0, 0.1) is 0 Å². The summed E-state index contributed by atoms with van der Waals surface area (Å²) in [5, 5.41) is 3.52. The van der Waals surface area contributed by atoms with E-state index in [0.29, 0.717) is 0 Å². The molecule has 0 atom stereocenters. The van der Waals surface area contributed by atoms with Crippen LogP contribution in [0.15, 0.2) is 30.3 Å². The van der Waals surface area contributed by atoms with Gasteiger partial charge in [0.1, 0.15) is 0 Å². The topological polar surface area (TPSA) is 21.8 Å². The standard InChI is InChI=1S/C17H30N4/c1-19(2)10-8-18-9-11-20-12-14-21(15-13-20)16-17-6-4-3-5-7-17/h3-7,18H,8-16H2,1-2H3. The number of hydrogen-bond acceptors (Lipinski definition) is 4. The van der Waals surface area contributed by atoms with Crippen LogP contribution in [0.3, 0.4) is 0 Å². The normalized spacial score (nSPS) is 17.5. The number of nitrogens with one attached hydrogen (secondary N) is 1. The zero-order valence-electron chi connectivity index (χ0n) is 13.6. The number of rotatable bonds is 8. The fourth-order valence-electron chi connectivity index (χ4n) is 2.68. The molecule has 118 valence electrons.